The number of nitriles is 1. The van der Waals surface area contributed by atoms with Gasteiger partial charge in [0.05, 0.1) is 37.8 Å². The summed E-state index contributed by atoms with van der Waals surface area (Å²) in [4.78, 5) is 33.8. The van der Waals surface area contributed by atoms with E-state index < -0.39 is 21.7 Å². The molecule has 0 aliphatic heterocycles. The first-order valence-corrected chi connectivity index (χ1v) is 23.7. The van der Waals surface area contributed by atoms with Crippen LogP contribution in [0.2, 0.25) is 5.02 Å². The molecule has 1 saturated carbocycles. The van der Waals surface area contributed by atoms with Crippen LogP contribution < -0.4 is 35.9 Å². The highest BCUT2D eigenvalue weighted by Crippen LogP contribution is 2.55. The Morgan fingerprint density at radius 1 is 0.908 bits per heavy atom. The fraction of sp³-hybridized carbons (Fsp3) is 0.340. The molecule has 0 atom stereocenters. The third-order valence-corrected chi connectivity index (χ3v) is 13.7. The zero-order valence-electron chi connectivity index (χ0n) is 36.4. The molecule has 6 rings (SSSR count). The molecule has 18 heteroatoms. The standard InChI is InChI=1S/C47H51BrClFN8O6S/c1-46(2)43(47(3,4)44(46)64-33-21-16-30(27-51)36(49)26-33)58-42(60)29-14-19-32(20-15-29)63-25-10-8-6-5-7-9-24-54-65(61,62)34-22-17-31(18-23-34)55-45-53-28-35(48)41(57-45)56-38-13-11-12-37(50)39(38)40(52)59/h11-23,26,28,43-44,54H,5-10,24-25H2,1-4H3,(H2,52,59)(H,58,60)(H2,53,55,56,57). The first-order valence-electron chi connectivity index (χ1n) is 21.1. The average molecular weight is 990 g/mol. The summed E-state index contributed by atoms with van der Waals surface area (Å²) in [7, 11) is -3.73. The molecule has 0 saturated heterocycles. The van der Waals surface area contributed by atoms with Crippen molar-refractivity contribution in [3.63, 3.8) is 0 Å². The van der Waals surface area contributed by atoms with E-state index >= 15 is 0 Å². The summed E-state index contributed by atoms with van der Waals surface area (Å²) in [5.74, 6) is -0.215. The maximum Gasteiger partial charge on any atom is 0.253 e. The number of sulfonamides is 1. The fourth-order valence-electron chi connectivity index (χ4n) is 8.29. The van der Waals surface area contributed by atoms with Crippen molar-refractivity contribution in [2.24, 2.45) is 16.6 Å². The maximum atomic E-state index is 14.2. The Morgan fingerprint density at radius 3 is 2.23 bits per heavy atom. The van der Waals surface area contributed by atoms with Gasteiger partial charge in [-0.25, -0.2) is 22.5 Å². The van der Waals surface area contributed by atoms with Crippen molar-refractivity contribution in [2.45, 2.75) is 83.3 Å². The summed E-state index contributed by atoms with van der Waals surface area (Å²) in [6.45, 7) is 9.10. The van der Waals surface area contributed by atoms with Crippen LogP contribution in [0.15, 0.2) is 100 Å². The van der Waals surface area contributed by atoms with Gasteiger partial charge in [-0.15, -0.1) is 0 Å². The van der Waals surface area contributed by atoms with E-state index in [1.165, 1.54) is 30.5 Å². The summed E-state index contributed by atoms with van der Waals surface area (Å²) in [6.07, 6.45) is 6.61. The zero-order valence-corrected chi connectivity index (χ0v) is 39.5. The number of ether oxygens (including phenoxy) is 2. The number of halogens is 3. The van der Waals surface area contributed by atoms with E-state index in [9.17, 15) is 27.7 Å². The molecule has 5 aromatic rings. The molecule has 6 N–H and O–H groups in total. The number of carbonyl (C=O) groups is 2. The monoisotopic (exact) mass is 988 g/mol. The topological polar surface area (TPSA) is 210 Å². The number of carbonyl (C=O) groups excluding carboxylic acids is 2. The highest BCUT2D eigenvalue weighted by atomic mass is 79.9. The van der Waals surface area contributed by atoms with Gasteiger partial charge in [0.25, 0.3) is 11.8 Å². The normalized spacial score (nSPS) is 16.1. The van der Waals surface area contributed by atoms with Crippen LogP contribution in [0.1, 0.15) is 92.5 Å². The summed E-state index contributed by atoms with van der Waals surface area (Å²) in [5.41, 5.74) is 5.88. The molecule has 65 heavy (non-hydrogen) atoms. The van der Waals surface area contributed by atoms with Gasteiger partial charge in [-0.05, 0) is 102 Å². The molecule has 2 amide bonds. The van der Waals surface area contributed by atoms with Gasteiger partial charge in [-0.2, -0.15) is 10.2 Å². The number of amides is 2. The van der Waals surface area contributed by atoms with E-state index in [-0.39, 0.29) is 56.8 Å². The summed E-state index contributed by atoms with van der Waals surface area (Å²) in [5, 5.41) is 18.6. The van der Waals surface area contributed by atoms with Crippen molar-refractivity contribution in [1.29, 1.82) is 5.26 Å². The number of nitrogens with two attached hydrogens (primary N) is 1. The lowest BCUT2D eigenvalue weighted by molar-refractivity contribution is -0.164. The molecule has 0 bridgehead atoms. The minimum absolute atomic E-state index is 0.111. The van der Waals surface area contributed by atoms with Crippen LogP contribution in [0.25, 0.3) is 0 Å². The predicted octanol–water partition coefficient (Wildman–Crippen LogP) is 9.80. The average Bonchev–Trinajstić information content (AvgIpc) is 3.26. The highest BCUT2D eigenvalue weighted by molar-refractivity contribution is 9.10. The van der Waals surface area contributed by atoms with Crippen molar-refractivity contribution in [1.82, 2.24) is 20.0 Å². The molecule has 1 aliphatic carbocycles. The molecule has 1 aromatic heterocycles. The van der Waals surface area contributed by atoms with Crippen LogP contribution in [0.5, 0.6) is 11.5 Å². The van der Waals surface area contributed by atoms with Crippen molar-refractivity contribution in [2.75, 3.05) is 23.8 Å². The van der Waals surface area contributed by atoms with Gasteiger partial charge >= 0.3 is 0 Å². The van der Waals surface area contributed by atoms with Crippen molar-refractivity contribution in [3.8, 4) is 17.6 Å². The van der Waals surface area contributed by atoms with E-state index in [0.29, 0.717) is 57.4 Å². The van der Waals surface area contributed by atoms with Gasteiger partial charge in [0.15, 0.2) is 0 Å². The molecule has 0 spiro atoms. The van der Waals surface area contributed by atoms with Gasteiger partial charge in [0.1, 0.15) is 35.3 Å². The number of nitrogens with one attached hydrogen (secondary N) is 4. The molecule has 4 aromatic carbocycles. The Bertz CT molecular complexity index is 2650. The lowest BCUT2D eigenvalue weighted by Crippen LogP contribution is -2.74. The molecule has 1 fully saturated rings. The van der Waals surface area contributed by atoms with Gasteiger partial charge < -0.3 is 31.2 Å². The number of hydrogen-bond donors (Lipinski definition) is 5. The van der Waals surface area contributed by atoms with Crippen LogP contribution >= 0.6 is 27.5 Å². The number of anilines is 4. The molecule has 0 radical (unpaired) electrons. The maximum absolute atomic E-state index is 14.2. The number of aromatic nitrogens is 2. The third-order valence-electron chi connectivity index (χ3n) is 11.4. The number of benzene rings is 4. The smallest absolute Gasteiger partial charge is 0.253 e. The molecule has 1 aliphatic rings. The lowest BCUT2D eigenvalue weighted by atomic mass is 9.49. The molecular formula is C47H51BrClFN8O6S. The molecular weight excluding hydrogens is 939 g/mol. The van der Waals surface area contributed by atoms with E-state index in [2.05, 4.69) is 80.3 Å². The van der Waals surface area contributed by atoms with E-state index in [1.807, 2.05) is 0 Å². The van der Waals surface area contributed by atoms with Gasteiger partial charge in [-0.3, -0.25) is 9.59 Å². The number of hydrogen-bond acceptors (Lipinski definition) is 11. The molecule has 1 heterocycles. The van der Waals surface area contributed by atoms with Crippen LogP contribution in [0.3, 0.4) is 0 Å². The quantitative estimate of drug-likeness (QED) is 0.0437. The summed E-state index contributed by atoms with van der Waals surface area (Å²) < 4.78 is 55.5. The first-order chi connectivity index (χ1) is 30.9. The summed E-state index contributed by atoms with van der Waals surface area (Å²) >= 11 is 9.57. The SMILES string of the molecule is CC1(C)C(NC(=O)c2ccc(OCCCCCCCCNS(=O)(=O)c3ccc(Nc4ncc(Br)c(Nc5cccc(F)c5C(N)=O)n4)cc3)cc2)C(C)(C)C1Oc1ccc(C#N)c(Cl)c1. The second kappa shape index (κ2) is 21.0. The van der Waals surface area contributed by atoms with Gasteiger partial charge in [0, 0.05) is 46.9 Å². The van der Waals surface area contributed by atoms with E-state index in [0.717, 1.165) is 38.2 Å². The Labute approximate surface area is 392 Å². The van der Waals surface area contributed by atoms with Gasteiger partial charge in [-0.1, -0.05) is 71.0 Å². The number of unbranched alkanes of at least 4 members (excludes halogenated alkanes) is 5. The highest BCUT2D eigenvalue weighted by Gasteiger charge is 2.64. The third kappa shape index (κ3) is 11.9. The van der Waals surface area contributed by atoms with Crippen molar-refractivity contribution >= 4 is 72.5 Å². The molecule has 0 unspecified atom stereocenters. The second-order valence-electron chi connectivity index (χ2n) is 16.9. The Morgan fingerprint density at radius 2 is 1.57 bits per heavy atom. The van der Waals surface area contributed by atoms with Crippen LogP contribution in [0.4, 0.5) is 27.5 Å². The molecule has 14 nitrogen and oxygen atoms in total. The van der Waals surface area contributed by atoms with Crippen LogP contribution in [0, 0.1) is 28.0 Å². The summed E-state index contributed by atoms with van der Waals surface area (Å²) in [6, 6.07) is 24.2. The minimum atomic E-state index is -3.73. The first kappa shape index (κ1) is 48.7. The van der Waals surface area contributed by atoms with Crippen LogP contribution in [-0.4, -0.2) is 55.5 Å². The Balaban J connectivity index is 0.851. The molecule has 342 valence electrons. The van der Waals surface area contributed by atoms with E-state index in [4.69, 9.17) is 26.8 Å². The largest absolute Gasteiger partial charge is 0.494 e. The van der Waals surface area contributed by atoms with E-state index in [1.54, 1.807) is 54.6 Å². The van der Waals surface area contributed by atoms with Crippen LogP contribution in [-0.2, 0) is 10.0 Å². The predicted molar refractivity (Wildman–Crippen MR) is 252 cm³/mol. The number of nitrogens with zero attached hydrogens (tertiary/aromatic N) is 3. The minimum Gasteiger partial charge on any atom is -0.494 e. The zero-order chi connectivity index (χ0) is 46.9. The lowest BCUT2D eigenvalue weighted by Gasteiger charge is -2.63. The number of rotatable bonds is 21. The van der Waals surface area contributed by atoms with Crippen molar-refractivity contribution in [3.05, 3.63) is 123 Å². The fourth-order valence-corrected chi connectivity index (χ4v) is 9.87. The second-order valence-corrected chi connectivity index (χ2v) is 19.9. The number of primary amides is 1. The van der Waals surface area contributed by atoms with Gasteiger partial charge in [0.2, 0.25) is 16.0 Å². The Kier molecular flexibility index (Phi) is 15.7. The Hall–Kier alpha value is -5.80. The van der Waals surface area contributed by atoms with Crippen molar-refractivity contribution < 1.29 is 31.9 Å².